The van der Waals surface area contributed by atoms with Crippen molar-refractivity contribution in [2.24, 2.45) is 0 Å². The highest BCUT2D eigenvalue weighted by molar-refractivity contribution is 5.87. The van der Waals surface area contributed by atoms with Gasteiger partial charge in [0.1, 0.15) is 24.3 Å². The molecule has 22 heavy (non-hydrogen) atoms. The maximum absolute atomic E-state index is 5.80. The Hall–Kier alpha value is -3.33. The van der Waals surface area contributed by atoms with Crippen molar-refractivity contribution in [3.05, 3.63) is 48.5 Å². The third-order valence-electron chi connectivity index (χ3n) is 3.46. The Morgan fingerprint density at radius 1 is 1.23 bits per heavy atom. The van der Waals surface area contributed by atoms with Crippen LogP contribution in [-0.2, 0) is 6.54 Å². The maximum atomic E-state index is 5.80. The second-order valence-corrected chi connectivity index (χ2v) is 4.87. The quantitative estimate of drug-likeness (QED) is 0.524. The Morgan fingerprint density at radius 3 is 3.05 bits per heavy atom. The van der Waals surface area contributed by atoms with Crippen molar-refractivity contribution in [3.63, 3.8) is 0 Å². The molecule has 0 aliphatic carbocycles. The molecule has 0 amide bonds. The highest BCUT2D eigenvalue weighted by Crippen LogP contribution is 2.16. The average molecular weight is 288 g/mol. The largest absolute Gasteiger partial charge is 0.383 e. The molecule has 4 aromatic rings. The number of anilines is 1. The molecule has 0 fully saturated rings. The van der Waals surface area contributed by atoms with Gasteiger partial charge in [0.25, 0.3) is 0 Å². The van der Waals surface area contributed by atoms with E-state index in [4.69, 9.17) is 5.73 Å². The number of hydrogen-bond acceptors (Lipinski definition) is 4. The molecule has 3 aromatic heterocycles. The standard InChI is InChI=1S/C16H12N6/c17-15-13-8-12(21-16(13)19-10-18-15)5-3-7-22-14-6-2-1-4-11(14)9-20-22/h1-2,4,6,8-10H,7H2,(H3,17,18,19,21). The zero-order valence-corrected chi connectivity index (χ0v) is 11.6. The van der Waals surface area contributed by atoms with Gasteiger partial charge in [0.15, 0.2) is 0 Å². The summed E-state index contributed by atoms with van der Waals surface area (Å²) in [6.45, 7) is 0.518. The van der Waals surface area contributed by atoms with E-state index in [0.717, 1.165) is 22.0 Å². The molecule has 106 valence electrons. The van der Waals surface area contributed by atoms with Gasteiger partial charge in [0.2, 0.25) is 0 Å². The van der Waals surface area contributed by atoms with Crippen molar-refractivity contribution in [2.75, 3.05) is 5.73 Å². The Labute approximate surface area is 126 Å². The Balaban J connectivity index is 1.63. The van der Waals surface area contributed by atoms with Gasteiger partial charge in [-0.2, -0.15) is 5.10 Å². The zero-order chi connectivity index (χ0) is 14.9. The van der Waals surface area contributed by atoms with Gasteiger partial charge in [-0.05, 0) is 18.1 Å². The van der Waals surface area contributed by atoms with E-state index in [-0.39, 0.29) is 0 Å². The zero-order valence-electron chi connectivity index (χ0n) is 11.6. The third-order valence-corrected chi connectivity index (χ3v) is 3.46. The van der Waals surface area contributed by atoms with Crippen LogP contribution in [0.5, 0.6) is 0 Å². The molecule has 0 saturated heterocycles. The van der Waals surface area contributed by atoms with Gasteiger partial charge in [-0.15, -0.1) is 0 Å². The molecule has 0 atom stereocenters. The minimum Gasteiger partial charge on any atom is -0.383 e. The second-order valence-electron chi connectivity index (χ2n) is 4.87. The first-order chi connectivity index (χ1) is 10.8. The predicted molar refractivity (Wildman–Crippen MR) is 84.9 cm³/mol. The van der Waals surface area contributed by atoms with Gasteiger partial charge in [-0.3, -0.25) is 4.68 Å². The number of aromatic nitrogens is 5. The van der Waals surface area contributed by atoms with Crippen molar-refractivity contribution >= 4 is 27.8 Å². The Kier molecular flexibility index (Phi) is 2.76. The number of benzene rings is 1. The summed E-state index contributed by atoms with van der Waals surface area (Å²) in [6, 6.07) is 9.91. The van der Waals surface area contributed by atoms with Crippen molar-refractivity contribution in [3.8, 4) is 11.8 Å². The first kappa shape index (κ1) is 12.4. The molecule has 0 radical (unpaired) electrons. The topological polar surface area (TPSA) is 85.4 Å². The van der Waals surface area contributed by atoms with Gasteiger partial charge in [0, 0.05) is 5.39 Å². The average Bonchev–Trinajstić information content (AvgIpc) is 3.13. The van der Waals surface area contributed by atoms with Crippen LogP contribution in [0.3, 0.4) is 0 Å². The molecule has 0 aliphatic heterocycles. The lowest BCUT2D eigenvalue weighted by atomic mass is 10.2. The number of nitrogen functional groups attached to an aromatic ring is 1. The minimum atomic E-state index is 0.451. The molecule has 6 nitrogen and oxygen atoms in total. The fourth-order valence-corrected chi connectivity index (χ4v) is 2.39. The molecule has 6 heteroatoms. The summed E-state index contributed by atoms with van der Waals surface area (Å²) < 4.78 is 1.87. The molecule has 1 aromatic carbocycles. The smallest absolute Gasteiger partial charge is 0.143 e. The predicted octanol–water partition coefficient (Wildman–Crippen LogP) is 1.94. The Morgan fingerprint density at radius 2 is 2.14 bits per heavy atom. The van der Waals surface area contributed by atoms with Gasteiger partial charge in [-0.25, -0.2) is 9.97 Å². The van der Waals surface area contributed by atoms with Crippen LogP contribution in [0.15, 0.2) is 42.9 Å². The summed E-state index contributed by atoms with van der Waals surface area (Å²) in [4.78, 5) is 11.2. The number of aromatic amines is 1. The molecule has 4 rings (SSSR count). The van der Waals surface area contributed by atoms with E-state index in [1.54, 1.807) is 0 Å². The first-order valence-corrected chi connectivity index (χ1v) is 6.80. The number of H-pyrrole nitrogens is 1. The van der Waals surface area contributed by atoms with Crippen molar-refractivity contribution < 1.29 is 0 Å². The number of nitrogens with one attached hydrogen (secondary N) is 1. The van der Waals surface area contributed by atoms with Gasteiger partial charge >= 0.3 is 0 Å². The first-order valence-electron chi connectivity index (χ1n) is 6.80. The Bertz CT molecular complexity index is 1030. The van der Waals surface area contributed by atoms with E-state index in [0.29, 0.717) is 18.0 Å². The second kappa shape index (κ2) is 4.90. The van der Waals surface area contributed by atoms with Gasteiger partial charge in [-0.1, -0.05) is 24.1 Å². The number of nitrogens with zero attached hydrogens (tertiary/aromatic N) is 4. The monoisotopic (exact) mass is 288 g/mol. The van der Waals surface area contributed by atoms with E-state index in [2.05, 4.69) is 31.9 Å². The van der Waals surface area contributed by atoms with Crippen LogP contribution in [0, 0.1) is 11.8 Å². The van der Waals surface area contributed by atoms with Crippen LogP contribution in [0.4, 0.5) is 5.82 Å². The lowest BCUT2D eigenvalue weighted by molar-refractivity contribution is 0.742. The molecular formula is C16H12N6. The highest BCUT2D eigenvalue weighted by atomic mass is 15.3. The summed E-state index contributed by atoms with van der Waals surface area (Å²) in [5.41, 5.74) is 8.34. The molecular weight excluding hydrogens is 276 g/mol. The van der Waals surface area contributed by atoms with Crippen molar-refractivity contribution in [2.45, 2.75) is 6.54 Å². The molecule has 0 bridgehead atoms. The van der Waals surface area contributed by atoms with Crippen LogP contribution < -0.4 is 5.73 Å². The number of fused-ring (bicyclic) bond motifs is 2. The molecule has 0 aliphatic rings. The lowest BCUT2D eigenvalue weighted by Gasteiger charge is -1.96. The summed E-state index contributed by atoms with van der Waals surface area (Å²) in [7, 11) is 0. The number of para-hydroxylation sites is 1. The molecule has 3 N–H and O–H groups in total. The minimum absolute atomic E-state index is 0.451. The summed E-state index contributed by atoms with van der Waals surface area (Å²) in [6.07, 6.45) is 3.28. The molecule has 0 saturated carbocycles. The van der Waals surface area contributed by atoms with Gasteiger partial charge in [0.05, 0.1) is 22.8 Å². The molecule has 0 unspecified atom stereocenters. The van der Waals surface area contributed by atoms with Crippen LogP contribution in [-0.4, -0.2) is 24.7 Å². The van der Waals surface area contributed by atoms with Crippen LogP contribution >= 0.6 is 0 Å². The van der Waals surface area contributed by atoms with Crippen LogP contribution in [0.25, 0.3) is 21.9 Å². The summed E-state index contributed by atoms with van der Waals surface area (Å²) in [5, 5.41) is 6.24. The van der Waals surface area contributed by atoms with Crippen molar-refractivity contribution in [1.82, 2.24) is 24.7 Å². The fraction of sp³-hybridized carbons (Fsp3) is 0.0625. The van der Waals surface area contributed by atoms with Crippen LogP contribution in [0.1, 0.15) is 5.69 Å². The number of rotatable bonds is 1. The number of hydrogen-bond donors (Lipinski definition) is 2. The van der Waals surface area contributed by atoms with E-state index in [1.165, 1.54) is 6.33 Å². The number of nitrogens with two attached hydrogens (primary N) is 1. The normalized spacial score (nSPS) is 10.7. The van der Waals surface area contributed by atoms with E-state index in [9.17, 15) is 0 Å². The van der Waals surface area contributed by atoms with Crippen molar-refractivity contribution in [1.29, 1.82) is 0 Å². The highest BCUT2D eigenvalue weighted by Gasteiger charge is 2.03. The summed E-state index contributed by atoms with van der Waals surface area (Å²) >= 11 is 0. The molecule has 0 spiro atoms. The van der Waals surface area contributed by atoms with Gasteiger partial charge < -0.3 is 10.7 Å². The maximum Gasteiger partial charge on any atom is 0.143 e. The van der Waals surface area contributed by atoms with E-state index >= 15 is 0 Å². The summed E-state index contributed by atoms with van der Waals surface area (Å²) in [5.74, 6) is 6.63. The molecule has 3 heterocycles. The van der Waals surface area contributed by atoms with E-state index < -0.39 is 0 Å². The SMILES string of the molecule is Nc1ncnc2[nH]c(C#CCn3ncc4ccccc43)cc12. The van der Waals surface area contributed by atoms with Crippen LogP contribution in [0.2, 0.25) is 0 Å². The van der Waals surface area contributed by atoms with E-state index in [1.807, 2.05) is 41.2 Å². The lowest BCUT2D eigenvalue weighted by Crippen LogP contribution is -1.96. The fourth-order valence-electron chi connectivity index (χ4n) is 2.39. The third kappa shape index (κ3) is 2.05.